The Morgan fingerprint density at radius 1 is 1.06 bits per heavy atom. The molecule has 10 heteroatoms. The minimum Gasteiger partial charge on any atom is -0.444 e. The molecular formula is C24H31BrN2O7. The lowest BCUT2D eigenvalue weighted by molar-refractivity contribution is -0.122. The van der Waals surface area contributed by atoms with Gasteiger partial charge in [-0.25, -0.2) is 14.5 Å². The van der Waals surface area contributed by atoms with Crippen LogP contribution in [0.2, 0.25) is 0 Å². The molecule has 0 aliphatic carbocycles. The Morgan fingerprint density at radius 2 is 1.65 bits per heavy atom. The molecule has 3 heterocycles. The third kappa shape index (κ3) is 3.99. The molecule has 3 amide bonds. The fourth-order valence-electron chi connectivity index (χ4n) is 4.53. The third-order valence-corrected chi connectivity index (χ3v) is 6.46. The summed E-state index contributed by atoms with van der Waals surface area (Å²) in [6.07, 6.45) is -2.08. The number of epoxide rings is 1. The zero-order valence-corrected chi connectivity index (χ0v) is 22.3. The zero-order valence-electron chi connectivity index (χ0n) is 20.7. The molecule has 1 aromatic carbocycles. The van der Waals surface area contributed by atoms with E-state index in [0.29, 0.717) is 15.7 Å². The van der Waals surface area contributed by atoms with Gasteiger partial charge in [-0.15, -0.1) is 0 Å². The Bertz CT molecular complexity index is 1060. The normalized spacial score (nSPS) is 27.7. The van der Waals surface area contributed by atoms with Gasteiger partial charge in [0, 0.05) is 10.0 Å². The number of fused-ring (bicyclic) bond motifs is 2. The SMILES string of the molecule is CC(C)(C)OC(=O)N1C(=O)[C@@]2(O[C@@H]2[C@H]2COC(C)(C)N2C(=O)OC(C)(C)C)c2cccc(Br)c21. The van der Waals surface area contributed by atoms with Gasteiger partial charge in [0.05, 0.1) is 18.3 Å². The number of carbonyl (C=O) groups excluding carboxylic acids is 3. The van der Waals surface area contributed by atoms with Gasteiger partial charge in [0.25, 0.3) is 5.91 Å². The first-order chi connectivity index (χ1) is 15.5. The lowest BCUT2D eigenvalue weighted by Gasteiger charge is -2.34. The number of nitrogens with zero attached hydrogens (tertiary/aromatic N) is 2. The standard InChI is InChI=1S/C24H31BrN2O7/c1-21(2,3)33-19(29)26-16-13(10-9-11-14(16)25)24(18(26)28)17(32-24)15-12-31-23(7,8)27(15)20(30)34-22(4,5)6/h9-11,15,17H,12H2,1-8H3/t15-,17-,24-/m1/s1. The number of carbonyl (C=O) groups is 3. The molecule has 3 aliphatic rings. The molecule has 4 rings (SSSR count). The average molecular weight is 539 g/mol. The maximum atomic E-state index is 13.8. The van der Waals surface area contributed by atoms with E-state index in [0.717, 1.165) is 4.90 Å². The number of benzene rings is 1. The number of ether oxygens (including phenoxy) is 4. The monoisotopic (exact) mass is 538 g/mol. The second kappa shape index (κ2) is 7.66. The number of halogens is 1. The Kier molecular flexibility index (Phi) is 5.62. The molecule has 0 unspecified atom stereocenters. The first kappa shape index (κ1) is 24.9. The van der Waals surface area contributed by atoms with Gasteiger partial charge in [-0.1, -0.05) is 12.1 Å². The van der Waals surface area contributed by atoms with Crippen molar-refractivity contribution in [3.8, 4) is 0 Å². The number of amides is 3. The fourth-order valence-corrected chi connectivity index (χ4v) is 5.08. The van der Waals surface area contributed by atoms with E-state index >= 15 is 0 Å². The third-order valence-electron chi connectivity index (χ3n) is 5.82. The molecule has 0 saturated carbocycles. The first-order valence-electron chi connectivity index (χ1n) is 11.2. The molecule has 0 aromatic heterocycles. The molecular weight excluding hydrogens is 508 g/mol. The average Bonchev–Trinajstić information content (AvgIpc) is 3.23. The highest BCUT2D eigenvalue weighted by atomic mass is 79.9. The molecule has 34 heavy (non-hydrogen) atoms. The molecule has 9 nitrogen and oxygen atoms in total. The second-order valence-electron chi connectivity index (χ2n) is 11.2. The zero-order chi connectivity index (χ0) is 25.4. The van der Waals surface area contributed by atoms with E-state index < -0.39 is 52.8 Å². The summed E-state index contributed by atoms with van der Waals surface area (Å²) in [7, 11) is 0. The largest absolute Gasteiger partial charge is 0.444 e. The summed E-state index contributed by atoms with van der Waals surface area (Å²) in [5.74, 6) is -0.553. The minimum atomic E-state index is -1.43. The summed E-state index contributed by atoms with van der Waals surface area (Å²) >= 11 is 3.47. The number of hydrogen-bond acceptors (Lipinski definition) is 7. The van der Waals surface area contributed by atoms with Crippen molar-refractivity contribution in [2.45, 2.75) is 90.1 Å². The highest BCUT2D eigenvalue weighted by Gasteiger charge is 2.75. The van der Waals surface area contributed by atoms with Gasteiger partial charge in [0.2, 0.25) is 5.60 Å². The lowest BCUT2D eigenvalue weighted by Crippen LogP contribution is -2.52. The number of para-hydroxylation sites is 1. The van der Waals surface area contributed by atoms with E-state index in [1.807, 2.05) is 0 Å². The Labute approximate surface area is 207 Å². The first-order valence-corrected chi connectivity index (χ1v) is 12.0. The van der Waals surface area contributed by atoms with Crippen LogP contribution < -0.4 is 4.90 Å². The van der Waals surface area contributed by atoms with E-state index in [9.17, 15) is 14.4 Å². The van der Waals surface area contributed by atoms with Gasteiger partial charge in [-0.05, 0) is 77.4 Å². The van der Waals surface area contributed by atoms with Crippen LogP contribution in [0, 0.1) is 0 Å². The van der Waals surface area contributed by atoms with Crippen LogP contribution in [-0.4, -0.2) is 58.7 Å². The van der Waals surface area contributed by atoms with Gasteiger partial charge in [-0.2, -0.15) is 0 Å². The van der Waals surface area contributed by atoms with Crippen molar-refractivity contribution in [1.82, 2.24) is 4.90 Å². The van der Waals surface area contributed by atoms with Gasteiger partial charge in [-0.3, -0.25) is 9.69 Å². The van der Waals surface area contributed by atoms with Crippen molar-refractivity contribution in [2.75, 3.05) is 11.5 Å². The minimum absolute atomic E-state index is 0.154. The van der Waals surface area contributed by atoms with Crippen LogP contribution in [-0.2, 0) is 29.3 Å². The van der Waals surface area contributed by atoms with Crippen LogP contribution in [0.1, 0.15) is 61.0 Å². The Hall–Kier alpha value is -2.17. The van der Waals surface area contributed by atoms with Crippen molar-refractivity contribution >= 4 is 39.7 Å². The number of hydrogen-bond donors (Lipinski definition) is 0. The second-order valence-corrected chi connectivity index (χ2v) is 12.1. The molecule has 0 bridgehead atoms. The predicted molar refractivity (Wildman–Crippen MR) is 126 cm³/mol. The summed E-state index contributed by atoms with van der Waals surface area (Å²) < 4.78 is 23.7. The van der Waals surface area contributed by atoms with E-state index in [1.165, 1.54) is 4.90 Å². The fraction of sp³-hybridized carbons (Fsp3) is 0.625. The van der Waals surface area contributed by atoms with Gasteiger partial charge >= 0.3 is 12.2 Å². The molecule has 186 valence electrons. The van der Waals surface area contributed by atoms with E-state index in [-0.39, 0.29) is 6.61 Å². The van der Waals surface area contributed by atoms with Crippen LogP contribution in [0.4, 0.5) is 15.3 Å². The van der Waals surface area contributed by atoms with E-state index in [4.69, 9.17) is 18.9 Å². The van der Waals surface area contributed by atoms with Gasteiger partial charge in [0.15, 0.2) is 0 Å². The molecule has 1 spiro atoms. The maximum absolute atomic E-state index is 13.8. The smallest absolute Gasteiger partial charge is 0.421 e. The van der Waals surface area contributed by atoms with Crippen LogP contribution in [0.15, 0.2) is 22.7 Å². The summed E-state index contributed by atoms with van der Waals surface area (Å²) in [6, 6.07) is 4.67. The van der Waals surface area contributed by atoms with Gasteiger partial charge < -0.3 is 18.9 Å². The van der Waals surface area contributed by atoms with Crippen LogP contribution in [0.25, 0.3) is 0 Å². The van der Waals surface area contributed by atoms with Crippen LogP contribution in [0.5, 0.6) is 0 Å². The van der Waals surface area contributed by atoms with Crippen molar-refractivity contribution in [1.29, 1.82) is 0 Å². The molecule has 1 aromatic rings. The quantitative estimate of drug-likeness (QED) is 0.478. The molecule has 2 fully saturated rings. The van der Waals surface area contributed by atoms with Crippen molar-refractivity contribution in [3.05, 3.63) is 28.2 Å². The lowest BCUT2D eigenvalue weighted by atomic mass is 9.92. The van der Waals surface area contributed by atoms with E-state index in [1.54, 1.807) is 73.6 Å². The maximum Gasteiger partial charge on any atom is 0.421 e. The van der Waals surface area contributed by atoms with Crippen LogP contribution in [0.3, 0.4) is 0 Å². The van der Waals surface area contributed by atoms with Crippen molar-refractivity contribution in [2.24, 2.45) is 0 Å². The summed E-state index contributed by atoms with van der Waals surface area (Å²) in [5.41, 5.74) is -2.98. The Morgan fingerprint density at radius 3 is 2.24 bits per heavy atom. The molecule has 0 N–H and O–H groups in total. The van der Waals surface area contributed by atoms with E-state index in [2.05, 4.69) is 15.9 Å². The summed E-state index contributed by atoms with van der Waals surface area (Å²) in [4.78, 5) is 42.4. The van der Waals surface area contributed by atoms with Crippen LogP contribution >= 0.6 is 15.9 Å². The number of rotatable bonds is 1. The highest BCUT2D eigenvalue weighted by molar-refractivity contribution is 9.10. The molecule has 3 atom stereocenters. The summed E-state index contributed by atoms with van der Waals surface area (Å²) in [6.45, 7) is 14.2. The number of imide groups is 1. The summed E-state index contributed by atoms with van der Waals surface area (Å²) in [5, 5.41) is 0. The predicted octanol–water partition coefficient (Wildman–Crippen LogP) is 4.70. The van der Waals surface area contributed by atoms with Crippen molar-refractivity contribution < 1.29 is 33.3 Å². The highest BCUT2D eigenvalue weighted by Crippen LogP contribution is 2.60. The van der Waals surface area contributed by atoms with Crippen molar-refractivity contribution in [3.63, 3.8) is 0 Å². The van der Waals surface area contributed by atoms with Gasteiger partial charge in [0.1, 0.15) is 23.0 Å². The molecule has 0 radical (unpaired) electrons. The topological polar surface area (TPSA) is 97.9 Å². The Balaban J connectivity index is 1.71. The molecule has 2 saturated heterocycles. The molecule has 3 aliphatic heterocycles. The number of anilines is 1.